The number of nitrogens with zero attached hydrogens (tertiary/aromatic N) is 1. The fraction of sp³-hybridized carbons (Fsp3) is 0.150. The molecule has 2 aromatic carbocycles. The largest absolute Gasteiger partial charge is 0.448 e. The summed E-state index contributed by atoms with van der Waals surface area (Å²) >= 11 is 13.3. The lowest BCUT2D eigenvalue weighted by molar-refractivity contribution is -0.125. The maximum atomic E-state index is 12.5. The van der Waals surface area contributed by atoms with Gasteiger partial charge in [-0.2, -0.15) is 0 Å². The SMILES string of the molecule is O=C1OC(C(=O)Nc2ncc(Cc3ccc(Cl)c(Cl)c3)s2)Cc2ccccc21. The normalized spacial score (nSPS) is 15.6. The van der Waals surface area contributed by atoms with Gasteiger partial charge in [-0.25, -0.2) is 9.78 Å². The van der Waals surface area contributed by atoms with Gasteiger partial charge in [0.2, 0.25) is 0 Å². The molecule has 1 amide bonds. The van der Waals surface area contributed by atoms with Crippen LogP contribution in [0.3, 0.4) is 0 Å². The molecule has 1 unspecified atom stereocenters. The number of aromatic nitrogens is 1. The van der Waals surface area contributed by atoms with Crippen molar-refractivity contribution in [2.45, 2.75) is 18.9 Å². The molecule has 1 N–H and O–H groups in total. The number of carbonyl (C=O) groups excluding carboxylic acids is 2. The predicted molar refractivity (Wildman–Crippen MR) is 109 cm³/mol. The van der Waals surface area contributed by atoms with Crippen LogP contribution in [0.2, 0.25) is 10.0 Å². The molecule has 1 aliphatic heterocycles. The lowest BCUT2D eigenvalue weighted by Gasteiger charge is -2.23. The summed E-state index contributed by atoms with van der Waals surface area (Å²) in [5, 5.41) is 4.19. The summed E-state index contributed by atoms with van der Waals surface area (Å²) in [5.74, 6) is -0.875. The molecule has 3 aromatic rings. The highest BCUT2D eigenvalue weighted by Gasteiger charge is 2.31. The minimum atomic E-state index is -0.871. The molecule has 1 aromatic heterocycles. The molecule has 0 fully saturated rings. The highest BCUT2D eigenvalue weighted by atomic mass is 35.5. The first-order chi connectivity index (χ1) is 13.5. The molecule has 8 heteroatoms. The summed E-state index contributed by atoms with van der Waals surface area (Å²) in [6, 6.07) is 12.6. The number of carbonyl (C=O) groups is 2. The lowest BCUT2D eigenvalue weighted by atomic mass is 9.98. The molecule has 142 valence electrons. The zero-order chi connectivity index (χ0) is 19.7. The van der Waals surface area contributed by atoms with Crippen LogP contribution in [0.15, 0.2) is 48.7 Å². The Hall–Kier alpha value is -2.41. The summed E-state index contributed by atoms with van der Waals surface area (Å²) in [4.78, 5) is 29.8. The maximum absolute atomic E-state index is 12.5. The van der Waals surface area contributed by atoms with Crippen LogP contribution in [-0.4, -0.2) is 23.0 Å². The highest BCUT2D eigenvalue weighted by Crippen LogP contribution is 2.27. The topological polar surface area (TPSA) is 68.3 Å². The Kier molecular flexibility index (Phi) is 5.35. The van der Waals surface area contributed by atoms with E-state index < -0.39 is 18.0 Å². The molecule has 0 saturated heterocycles. The molecule has 2 heterocycles. The number of cyclic esters (lactones) is 1. The molecule has 5 nitrogen and oxygen atoms in total. The van der Waals surface area contributed by atoms with E-state index in [1.807, 2.05) is 18.2 Å². The number of esters is 1. The van der Waals surface area contributed by atoms with Crippen molar-refractivity contribution in [1.82, 2.24) is 4.98 Å². The average molecular weight is 433 g/mol. The number of halogens is 2. The van der Waals surface area contributed by atoms with E-state index in [1.165, 1.54) is 11.3 Å². The van der Waals surface area contributed by atoms with Gasteiger partial charge in [0.25, 0.3) is 5.91 Å². The van der Waals surface area contributed by atoms with E-state index in [2.05, 4.69) is 10.3 Å². The minimum absolute atomic E-state index is 0.343. The Labute approximate surface area is 175 Å². The average Bonchev–Trinajstić information content (AvgIpc) is 3.11. The third-order valence-electron chi connectivity index (χ3n) is 4.33. The van der Waals surface area contributed by atoms with Gasteiger partial charge < -0.3 is 4.74 Å². The number of anilines is 1. The van der Waals surface area contributed by atoms with Gasteiger partial charge in [0.15, 0.2) is 11.2 Å². The third kappa shape index (κ3) is 4.04. The van der Waals surface area contributed by atoms with Crippen LogP contribution in [0.1, 0.15) is 26.4 Å². The fourth-order valence-corrected chi connectivity index (χ4v) is 4.13. The predicted octanol–water partition coefficient (Wildman–Crippen LogP) is 4.76. The third-order valence-corrected chi connectivity index (χ3v) is 5.98. The van der Waals surface area contributed by atoms with Gasteiger partial charge in [0.1, 0.15) is 0 Å². The van der Waals surface area contributed by atoms with Gasteiger partial charge in [0, 0.05) is 23.9 Å². The zero-order valence-corrected chi connectivity index (χ0v) is 16.8. The highest BCUT2D eigenvalue weighted by molar-refractivity contribution is 7.15. The van der Waals surface area contributed by atoms with Crippen LogP contribution in [-0.2, 0) is 22.4 Å². The van der Waals surface area contributed by atoms with Gasteiger partial charge >= 0.3 is 5.97 Å². The summed E-state index contributed by atoms with van der Waals surface area (Å²) in [6.07, 6.45) is 1.79. The monoisotopic (exact) mass is 432 g/mol. The number of hydrogen-bond donors (Lipinski definition) is 1. The Morgan fingerprint density at radius 1 is 1.21 bits per heavy atom. The van der Waals surface area contributed by atoms with Gasteiger partial charge in [-0.1, -0.05) is 47.5 Å². The number of fused-ring (bicyclic) bond motifs is 1. The second-order valence-electron chi connectivity index (χ2n) is 6.30. The fourth-order valence-electron chi connectivity index (χ4n) is 2.96. The first-order valence-electron chi connectivity index (χ1n) is 8.48. The van der Waals surface area contributed by atoms with Crippen molar-refractivity contribution in [3.8, 4) is 0 Å². The van der Waals surface area contributed by atoms with Gasteiger partial charge in [-0.3, -0.25) is 10.1 Å². The molecule has 28 heavy (non-hydrogen) atoms. The molecule has 0 radical (unpaired) electrons. The van der Waals surface area contributed by atoms with Crippen LogP contribution in [0, 0.1) is 0 Å². The number of benzene rings is 2. The first kappa shape index (κ1) is 18.9. The molecule has 1 atom stereocenters. The van der Waals surface area contributed by atoms with E-state index in [4.69, 9.17) is 27.9 Å². The van der Waals surface area contributed by atoms with Crippen LogP contribution >= 0.6 is 34.5 Å². The van der Waals surface area contributed by atoms with Crippen molar-refractivity contribution in [3.05, 3.63) is 80.3 Å². The number of hydrogen-bond acceptors (Lipinski definition) is 5. The molecule has 1 aliphatic rings. The van der Waals surface area contributed by atoms with E-state index in [1.54, 1.807) is 30.5 Å². The Balaban J connectivity index is 1.42. The van der Waals surface area contributed by atoms with Crippen molar-refractivity contribution in [2.75, 3.05) is 5.32 Å². The number of nitrogens with one attached hydrogen (secondary N) is 1. The molecular weight excluding hydrogens is 419 g/mol. The Morgan fingerprint density at radius 3 is 2.86 bits per heavy atom. The second kappa shape index (κ2) is 7.91. The van der Waals surface area contributed by atoms with E-state index in [0.717, 1.165) is 16.0 Å². The van der Waals surface area contributed by atoms with Crippen LogP contribution < -0.4 is 5.32 Å². The number of thiazole rings is 1. The maximum Gasteiger partial charge on any atom is 0.339 e. The molecule has 0 saturated carbocycles. The number of ether oxygens (including phenoxy) is 1. The number of rotatable bonds is 4. The Bertz CT molecular complexity index is 1070. The van der Waals surface area contributed by atoms with Crippen LogP contribution in [0.4, 0.5) is 5.13 Å². The van der Waals surface area contributed by atoms with Crippen molar-refractivity contribution in [3.63, 3.8) is 0 Å². The van der Waals surface area contributed by atoms with Crippen molar-refractivity contribution < 1.29 is 14.3 Å². The van der Waals surface area contributed by atoms with Crippen LogP contribution in [0.5, 0.6) is 0 Å². The Morgan fingerprint density at radius 2 is 2.04 bits per heavy atom. The zero-order valence-electron chi connectivity index (χ0n) is 14.4. The van der Waals surface area contributed by atoms with E-state index >= 15 is 0 Å². The van der Waals surface area contributed by atoms with Crippen molar-refractivity contribution >= 4 is 51.5 Å². The van der Waals surface area contributed by atoms with Gasteiger partial charge in [-0.05, 0) is 29.3 Å². The molecule has 0 aliphatic carbocycles. The standard InChI is InChI=1S/C20H14Cl2N2O3S/c21-15-6-5-11(8-16(15)22)7-13-10-23-20(28-13)24-18(25)17-9-12-3-1-2-4-14(12)19(26)27-17/h1-6,8,10,17H,7,9H2,(H,23,24,25). The number of amides is 1. The van der Waals surface area contributed by atoms with Gasteiger partial charge in [-0.15, -0.1) is 11.3 Å². The minimum Gasteiger partial charge on any atom is -0.448 e. The molecular formula is C20H14Cl2N2O3S. The molecule has 0 spiro atoms. The van der Waals surface area contributed by atoms with Crippen LogP contribution in [0.25, 0.3) is 0 Å². The van der Waals surface area contributed by atoms with E-state index in [0.29, 0.717) is 33.6 Å². The molecule has 0 bridgehead atoms. The summed E-state index contributed by atoms with van der Waals surface area (Å²) in [6.45, 7) is 0. The van der Waals surface area contributed by atoms with E-state index in [-0.39, 0.29) is 0 Å². The first-order valence-corrected chi connectivity index (χ1v) is 10.1. The van der Waals surface area contributed by atoms with E-state index in [9.17, 15) is 9.59 Å². The lowest BCUT2D eigenvalue weighted by Crippen LogP contribution is -2.37. The summed E-state index contributed by atoms with van der Waals surface area (Å²) < 4.78 is 5.27. The second-order valence-corrected chi connectivity index (χ2v) is 8.23. The quantitative estimate of drug-likeness (QED) is 0.603. The summed E-state index contributed by atoms with van der Waals surface area (Å²) in [7, 11) is 0. The smallest absolute Gasteiger partial charge is 0.339 e. The summed E-state index contributed by atoms with van der Waals surface area (Å²) in [5.41, 5.74) is 2.30. The van der Waals surface area contributed by atoms with Crippen molar-refractivity contribution in [2.24, 2.45) is 0 Å². The van der Waals surface area contributed by atoms with Crippen molar-refractivity contribution in [1.29, 1.82) is 0 Å². The molecule has 4 rings (SSSR count). The van der Waals surface area contributed by atoms with Gasteiger partial charge in [0.05, 0.1) is 15.6 Å².